The van der Waals surface area contributed by atoms with E-state index in [1.165, 1.54) is 40.1 Å². The molecule has 0 radical (unpaired) electrons. The Labute approximate surface area is 179 Å². The van der Waals surface area contributed by atoms with Crippen molar-refractivity contribution in [3.8, 4) is 0 Å². The second kappa shape index (κ2) is 9.09. The van der Waals surface area contributed by atoms with Crippen LogP contribution in [0.3, 0.4) is 0 Å². The standard InChI is InChI=1S/C20H22N4O4S2/c25-20(22-10-9-21-19-17-3-1-2-4-18(17)29-23-19)15-5-7-16(8-6-15)30(26,27)24-11-13-28-14-12-24/h1-8H,9-14H2,(H,21,23)(H,22,25). The van der Waals surface area contributed by atoms with Crippen LogP contribution in [0.15, 0.2) is 53.4 Å². The van der Waals surface area contributed by atoms with Gasteiger partial charge in [0.1, 0.15) is 5.82 Å². The summed E-state index contributed by atoms with van der Waals surface area (Å²) in [6.45, 7) is 2.41. The maximum atomic E-state index is 12.6. The van der Waals surface area contributed by atoms with Crippen molar-refractivity contribution in [2.75, 3.05) is 44.7 Å². The number of sulfonamides is 1. The van der Waals surface area contributed by atoms with E-state index in [-0.39, 0.29) is 10.8 Å². The second-order valence-electron chi connectivity index (χ2n) is 6.75. The summed E-state index contributed by atoms with van der Waals surface area (Å²) in [6.07, 6.45) is 0. The number of benzene rings is 2. The summed E-state index contributed by atoms with van der Waals surface area (Å²) < 4.78 is 37.4. The third-order valence-corrected chi connectivity index (χ3v) is 7.54. The Morgan fingerprint density at radius 1 is 1.07 bits per heavy atom. The van der Waals surface area contributed by atoms with Gasteiger partial charge in [-0.15, -0.1) is 0 Å². The van der Waals surface area contributed by atoms with Crippen molar-refractivity contribution in [3.63, 3.8) is 0 Å². The minimum atomic E-state index is -3.56. The highest BCUT2D eigenvalue weighted by molar-refractivity contribution is 7.89. The molecule has 1 aliphatic rings. The monoisotopic (exact) mass is 446 g/mol. The van der Waals surface area contributed by atoms with Gasteiger partial charge in [0.25, 0.3) is 5.91 Å². The summed E-state index contributed by atoms with van der Waals surface area (Å²) in [6, 6.07) is 14.0. The molecule has 2 aromatic carbocycles. The molecule has 0 saturated carbocycles. The van der Waals surface area contributed by atoms with Gasteiger partial charge in [0.05, 0.1) is 22.8 Å². The number of aromatic nitrogens is 1. The molecule has 158 valence electrons. The number of carbonyl (C=O) groups excluding carboxylic acids is 1. The lowest BCUT2D eigenvalue weighted by molar-refractivity contribution is 0.0730. The zero-order valence-corrected chi connectivity index (χ0v) is 17.8. The van der Waals surface area contributed by atoms with Crippen LogP contribution in [-0.2, 0) is 14.8 Å². The quantitative estimate of drug-likeness (QED) is 0.540. The summed E-state index contributed by atoms with van der Waals surface area (Å²) in [5.74, 6) is 0.553. The van der Waals surface area contributed by atoms with Crippen LogP contribution in [-0.4, -0.2) is 62.4 Å². The number of carbonyl (C=O) groups is 1. The Kier molecular flexibility index (Phi) is 6.28. The van der Waals surface area contributed by atoms with Crippen molar-refractivity contribution in [3.05, 3.63) is 54.1 Å². The Morgan fingerprint density at radius 3 is 2.57 bits per heavy atom. The van der Waals surface area contributed by atoms with E-state index in [9.17, 15) is 13.2 Å². The number of rotatable bonds is 7. The molecule has 2 heterocycles. The zero-order valence-electron chi connectivity index (χ0n) is 16.2. The lowest BCUT2D eigenvalue weighted by atomic mass is 10.2. The fourth-order valence-corrected chi connectivity index (χ4v) is 5.35. The molecule has 30 heavy (non-hydrogen) atoms. The summed E-state index contributed by atoms with van der Waals surface area (Å²) in [5.41, 5.74) is 0.412. The van der Waals surface area contributed by atoms with Crippen LogP contribution in [0.5, 0.6) is 0 Å². The molecular weight excluding hydrogens is 424 g/mol. The smallest absolute Gasteiger partial charge is 0.251 e. The molecule has 1 aromatic heterocycles. The van der Waals surface area contributed by atoms with Crippen molar-refractivity contribution in [1.82, 2.24) is 14.0 Å². The van der Waals surface area contributed by atoms with Crippen LogP contribution < -0.4 is 10.6 Å². The number of amides is 1. The van der Waals surface area contributed by atoms with E-state index in [0.717, 1.165) is 15.9 Å². The minimum absolute atomic E-state index is 0.179. The van der Waals surface area contributed by atoms with Gasteiger partial charge >= 0.3 is 0 Å². The van der Waals surface area contributed by atoms with Crippen molar-refractivity contribution in [2.24, 2.45) is 0 Å². The number of anilines is 1. The van der Waals surface area contributed by atoms with Crippen molar-refractivity contribution in [1.29, 1.82) is 0 Å². The molecule has 1 amide bonds. The molecule has 1 aliphatic heterocycles. The number of fused-ring (bicyclic) bond motifs is 1. The summed E-state index contributed by atoms with van der Waals surface area (Å²) in [7, 11) is -3.56. The number of nitrogens with zero attached hydrogens (tertiary/aromatic N) is 2. The Balaban J connectivity index is 1.30. The van der Waals surface area contributed by atoms with Gasteiger partial charge in [-0.3, -0.25) is 4.79 Å². The topological polar surface area (TPSA) is 101 Å². The highest BCUT2D eigenvalue weighted by atomic mass is 32.2. The van der Waals surface area contributed by atoms with E-state index in [2.05, 4.69) is 15.0 Å². The zero-order chi connectivity index (χ0) is 21.0. The summed E-state index contributed by atoms with van der Waals surface area (Å²) in [5, 5.41) is 7.12. The first-order valence-corrected chi connectivity index (χ1v) is 11.8. The molecule has 0 bridgehead atoms. The third-order valence-electron chi connectivity index (χ3n) is 4.80. The van der Waals surface area contributed by atoms with Crippen LogP contribution in [0.1, 0.15) is 10.4 Å². The van der Waals surface area contributed by atoms with E-state index >= 15 is 0 Å². The Bertz CT molecular complexity index is 1120. The van der Waals surface area contributed by atoms with Crippen molar-refractivity contribution < 1.29 is 17.9 Å². The fraction of sp³-hybridized carbons (Fsp3) is 0.300. The van der Waals surface area contributed by atoms with Crippen LogP contribution in [0, 0.1) is 0 Å². The van der Waals surface area contributed by atoms with Crippen LogP contribution >= 0.6 is 11.5 Å². The molecule has 0 unspecified atom stereocenters. The third kappa shape index (κ3) is 4.46. The summed E-state index contributed by atoms with van der Waals surface area (Å²) in [4.78, 5) is 12.5. The van der Waals surface area contributed by atoms with Gasteiger partial charge in [-0.05, 0) is 47.9 Å². The van der Waals surface area contributed by atoms with E-state index in [1.54, 1.807) is 0 Å². The highest BCUT2D eigenvalue weighted by Crippen LogP contribution is 2.25. The highest BCUT2D eigenvalue weighted by Gasteiger charge is 2.26. The number of hydrogen-bond acceptors (Lipinski definition) is 7. The summed E-state index contributed by atoms with van der Waals surface area (Å²) >= 11 is 1.43. The van der Waals surface area contributed by atoms with Crippen LogP contribution in [0.25, 0.3) is 10.1 Å². The number of morpholine rings is 1. The van der Waals surface area contributed by atoms with Crippen molar-refractivity contribution in [2.45, 2.75) is 4.90 Å². The van der Waals surface area contributed by atoms with E-state index < -0.39 is 10.0 Å². The number of ether oxygens (including phenoxy) is 1. The van der Waals surface area contributed by atoms with E-state index in [0.29, 0.717) is 45.0 Å². The predicted octanol–water partition coefficient (Wildman–Crippen LogP) is 2.16. The van der Waals surface area contributed by atoms with E-state index in [4.69, 9.17) is 4.74 Å². The molecule has 3 aromatic rings. The van der Waals surface area contributed by atoms with Gasteiger partial charge in [-0.25, -0.2) is 8.42 Å². The average Bonchev–Trinajstić information content (AvgIpc) is 3.20. The molecule has 1 fully saturated rings. The first kappa shape index (κ1) is 20.7. The van der Waals surface area contributed by atoms with Crippen LogP contribution in [0.4, 0.5) is 5.82 Å². The maximum Gasteiger partial charge on any atom is 0.251 e. The molecule has 2 N–H and O–H groups in total. The van der Waals surface area contributed by atoms with E-state index in [1.807, 2.05) is 24.3 Å². The minimum Gasteiger partial charge on any atom is -0.379 e. The number of hydrogen-bond donors (Lipinski definition) is 2. The first-order chi connectivity index (χ1) is 14.6. The largest absolute Gasteiger partial charge is 0.379 e. The van der Waals surface area contributed by atoms with Crippen LogP contribution in [0.2, 0.25) is 0 Å². The lowest BCUT2D eigenvalue weighted by Gasteiger charge is -2.26. The fourth-order valence-electron chi connectivity index (χ4n) is 3.19. The second-order valence-corrected chi connectivity index (χ2v) is 9.49. The molecule has 8 nitrogen and oxygen atoms in total. The van der Waals surface area contributed by atoms with Gasteiger partial charge < -0.3 is 15.4 Å². The predicted molar refractivity (Wildman–Crippen MR) is 116 cm³/mol. The van der Waals surface area contributed by atoms with Gasteiger partial charge in [0.15, 0.2) is 0 Å². The molecule has 10 heteroatoms. The van der Waals surface area contributed by atoms with Gasteiger partial charge in [0, 0.05) is 37.1 Å². The molecule has 0 spiro atoms. The normalized spacial score (nSPS) is 15.2. The molecule has 1 saturated heterocycles. The molecule has 4 rings (SSSR count). The number of nitrogens with one attached hydrogen (secondary N) is 2. The maximum absolute atomic E-state index is 12.6. The van der Waals surface area contributed by atoms with Gasteiger partial charge in [-0.2, -0.15) is 8.68 Å². The van der Waals surface area contributed by atoms with Crippen molar-refractivity contribution >= 4 is 43.4 Å². The first-order valence-electron chi connectivity index (χ1n) is 9.60. The molecule has 0 aliphatic carbocycles. The Hall–Kier alpha value is -2.53. The average molecular weight is 447 g/mol. The molecular formula is C20H22N4O4S2. The SMILES string of the molecule is O=C(NCCNc1nsc2ccccc12)c1ccc(S(=O)(=O)N2CCOCC2)cc1. The Morgan fingerprint density at radius 2 is 1.80 bits per heavy atom. The van der Waals surface area contributed by atoms with Gasteiger partial charge in [-0.1, -0.05) is 12.1 Å². The molecule has 0 atom stereocenters. The van der Waals surface area contributed by atoms with Gasteiger partial charge in [0.2, 0.25) is 10.0 Å². The lowest BCUT2D eigenvalue weighted by Crippen LogP contribution is -2.40.